The smallest absolute Gasteiger partial charge is 0.309 e. The molecule has 1 saturated heterocycles. The summed E-state index contributed by atoms with van der Waals surface area (Å²) < 4.78 is 15.7. The first kappa shape index (κ1) is 27.4. The van der Waals surface area contributed by atoms with E-state index in [1.165, 1.54) is 25.3 Å². The van der Waals surface area contributed by atoms with Gasteiger partial charge in [0.15, 0.2) is 0 Å². The second-order valence-electron chi connectivity index (χ2n) is 10.5. The predicted molar refractivity (Wildman–Crippen MR) is 156 cm³/mol. The Balaban J connectivity index is 1.47. The minimum absolute atomic E-state index is 0.0687. The third-order valence-corrected chi connectivity index (χ3v) is 7.72. The molecule has 0 unspecified atom stereocenters. The van der Waals surface area contributed by atoms with E-state index >= 15 is 0 Å². The minimum atomic E-state index is -0.252. The lowest BCUT2D eigenvalue weighted by molar-refractivity contribution is -0.140. The lowest BCUT2D eigenvalue weighted by Crippen LogP contribution is -2.46. The van der Waals surface area contributed by atoms with Gasteiger partial charge in [0.05, 0.1) is 40.3 Å². The van der Waals surface area contributed by atoms with Crippen molar-refractivity contribution >= 4 is 11.9 Å². The molecule has 0 bridgehead atoms. The molecule has 1 fully saturated rings. The van der Waals surface area contributed by atoms with Crippen LogP contribution in [0.3, 0.4) is 0 Å². The molecule has 0 N–H and O–H groups in total. The highest BCUT2D eigenvalue weighted by atomic mass is 16.5. The lowest BCUT2D eigenvalue weighted by atomic mass is 9.72. The maximum Gasteiger partial charge on any atom is 0.309 e. The fraction of sp³-hybridized carbons (Fsp3) is 0.257. The Morgan fingerprint density at radius 2 is 0.900 bits per heavy atom. The van der Waals surface area contributed by atoms with Crippen LogP contribution in [0.25, 0.3) is 22.3 Å². The van der Waals surface area contributed by atoms with Crippen LogP contribution in [-0.2, 0) is 49.5 Å². The molecule has 5 heteroatoms. The van der Waals surface area contributed by atoms with Gasteiger partial charge in [0.25, 0.3) is 0 Å². The molecule has 0 aromatic heterocycles. The van der Waals surface area contributed by atoms with Crippen molar-refractivity contribution < 1.29 is 23.8 Å². The number of methoxy groups -OCH3 is 2. The average Bonchev–Trinajstić information content (AvgIpc) is 2.97. The molecular weight excluding hydrogens is 500 g/mol. The largest absolute Gasteiger partial charge is 0.469 e. The zero-order valence-electron chi connectivity index (χ0n) is 23.0. The Labute approximate surface area is 235 Å². The topological polar surface area (TPSA) is 61.8 Å². The van der Waals surface area contributed by atoms with Gasteiger partial charge in [0.2, 0.25) is 0 Å². The maximum absolute atomic E-state index is 12.1. The van der Waals surface area contributed by atoms with E-state index in [9.17, 15) is 9.59 Å². The molecule has 40 heavy (non-hydrogen) atoms. The summed E-state index contributed by atoms with van der Waals surface area (Å²) in [5.74, 6) is -0.504. The van der Waals surface area contributed by atoms with Gasteiger partial charge < -0.3 is 14.2 Å². The van der Waals surface area contributed by atoms with Crippen molar-refractivity contribution in [2.75, 3.05) is 27.4 Å². The van der Waals surface area contributed by atoms with Gasteiger partial charge in [-0.05, 0) is 57.3 Å². The number of benzene rings is 4. The number of esters is 2. The van der Waals surface area contributed by atoms with Gasteiger partial charge >= 0.3 is 11.9 Å². The number of hydrogen-bond donors (Lipinski definition) is 0. The molecule has 1 heterocycles. The van der Waals surface area contributed by atoms with Crippen molar-refractivity contribution in [2.24, 2.45) is 5.41 Å². The highest BCUT2D eigenvalue weighted by Crippen LogP contribution is 2.41. The second-order valence-corrected chi connectivity index (χ2v) is 10.5. The fourth-order valence-electron chi connectivity index (χ4n) is 5.67. The van der Waals surface area contributed by atoms with Crippen molar-refractivity contribution in [2.45, 2.75) is 25.7 Å². The molecule has 4 aromatic carbocycles. The quantitative estimate of drug-likeness (QED) is 0.225. The standard InChI is InChI=1S/C35H34O5/c1-38-33(36)19-25-11-3-7-15-29(25)31-17-9-5-13-27(31)21-35(23-40-24-35)22-28-14-6-10-18-32(28)30-16-8-4-12-26(30)20-34(37)39-2/h3-18H,19-24H2,1-2H3. The Morgan fingerprint density at radius 3 is 1.23 bits per heavy atom. The van der Waals surface area contributed by atoms with Gasteiger partial charge in [-0.25, -0.2) is 0 Å². The van der Waals surface area contributed by atoms with E-state index in [4.69, 9.17) is 14.2 Å². The van der Waals surface area contributed by atoms with Gasteiger partial charge in [-0.3, -0.25) is 9.59 Å². The Hall–Kier alpha value is -4.22. The summed E-state index contributed by atoms with van der Waals surface area (Å²) in [6, 6.07) is 33.0. The summed E-state index contributed by atoms with van der Waals surface area (Å²) >= 11 is 0. The van der Waals surface area contributed by atoms with Crippen molar-refractivity contribution in [3.05, 3.63) is 119 Å². The van der Waals surface area contributed by atoms with E-state index in [2.05, 4.69) is 48.5 Å². The van der Waals surface area contributed by atoms with Crippen LogP contribution in [0.4, 0.5) is 0 Å². The van der Waals surface area contributed by atoms with Gasteiger partial charge in [-0.2, -0.15) is 0 Å². The van der Waals surface area contributed by atoms with Crippen molar-refractivity contribution in [3.8, 4) is 22.3 Å². The summed E-state index contributed by atoms with van der Waals surface area (Å²) in [6.07, 6.45) is 2.14. The molecule has 0 amide bonds. The van der Waals surface area contributed by atoms with E-state index in [-0.39, 0.29) is 30.2 Å². The normalized spacial score (nSPS) is 13.8. The van der Waals surface area contributed by atoms with E-state index < -0.39 is 0 Å². The number of hydrogen-bond acceptors (Lipinski definition) is 5. The number of carbonyl (C=O) groups excluding carboxylic acids is 2. The highest BCUT2D eigenvalue weighted by molar-refractivity contribution is 5.80. The van der Waals surface area contributed by atoms with Crippen molar-refractivity contribution in [1.82, 2.24) is 0 Å². The third-order valence-electron chi connectivity index (χ3n) is 7.72. The van der Waals surface area contributed by atoms with E-state index in [1.807, 2.05) is 48.5 Å². The Morgan fingerprint density at radius 1 is 0.575 bits per heavy atom. The van der Waals surface area contributed by atoms with Crippen molar-refractivity contribution in [3.63, 3.8) is 0 Å². The SMILES string of the molecule is COC(=O)Cc1ccccc1-c1ccccc1CC1(Cc2ccccc2-c2ccccc2CC(=O)OC)COC1. The van der Waals surface area contributed by atoms with Crippen LogP contribution >= 0.6 is 0 Å². The Bertz CT molecular complexity index is 1390. The monoisotopic (exact) mass is 534 g/mol. The van der Waals surface area contributed by atoms with Crippen LogP contribution < -0.4 is 0 Å². The molecule has 0 saturated carbocycles. The van der Waals surface area contributed by atoms with E-state index in [0.29, 0.717) is 13.2 Å². The third kappa shape index (κ3) is 6.00. The molecule has 1 aliphatic heterocycles. The van der Waals surface area contributed by atoms with Crippen molar-refractivity contribution in [1.29, 1.82) is 0 Å². The molecule has 0 spiro atoms. The summed E-state index contributed by atoms with van der Waals surface area (Å²) in [6.45, 7) is 1.34. The van der Waals surface area contributed by atoms with Gasteiger partial charge in [0, 0.05) is 5.41 Å². The second kappa shape index (κ2) is 12.3. The summed E-state index contributed by atoms with van der Waals surface area (Å²) in [5.41, 5.74) is 8.66. The first-order valence-corrected chi connectivity index (χ1v) is 13.6. The highest BCUT2D eigenvalue weighted by Gasteiger charge is 2.40. The molecule has 1 aliphatic rings. The van der Waals surface area contributed by atoms with Crippen LogP contribution in [0.2, 0.25) is 0 Å². The van der Waals surface area contributed by atoms with Crippen LogP contribution in [-0.4, -0.2) is 39.4 Å². The van der Waals surface area contributed by atoms with E-state index in [1.54, 1.807) is 0 Å². The van der Waals surface area contributed by atoms with E-state index in [0.717, 1.165) is 46.2 Å². The summed E-state index contributed by atoms with van der Waals surface area (Å²) in [5, 5.41) is 0. The average molecular weight is 535 g/mol. The molecule has 0 radical (unpaired) electrons. The van der Waals surface area contributed by atoms with Crippen LogP contribution in [0.15, 0.2) is 97.1 Å². The Kier molecular flexibility index (Phi) is 8.42. The molecule has 0 atom stereocenters. The predicted octanol–water partition coefficient (Wildman–Crippen LogP) is 6.25. The van der Waals surface area contributed by atoms with Gasteiger partial charge in [0.1, 0.15) is 0 Å². The molecule has 4 aromatic rings. The molecule has 204 valence electrons. The molecule has 5 nitrogen and oxygen atoms in total. The summed E-state index contributed by atoms with van der Waals surface area (Å²) in [7, 11) is 2.84. The summed E-state index contributed by atoms with van der Waals surface area (Å²) in [4.78, 5) is 24.2. The van der Waals surface area contributed by atoms with Gasteiger partial charge in [-0.15, -0.1) is 0 Å². The van der Waals surface area contributed by atoms with Crippen LogP contribution in [0.1, 0.15) is 22.3 Å². The van der Waals surface area contributed by atoms with Gasteiger partial charge in [-0.1, -0.05) is 97.1 Å². The lowest BCUT2D eigenvalue weighted by Gasteiger charge is -2.43. The molecular formula is C35H34O5. The first-order valence-electron chi connectivity index (χ1n) is 13.6. The number of carbonyl (C=O) groups is 2. The number of rotatable bonds is 10. The maximum atomic E-state index is 12.1. The number of ether oxygens (including phenoxy) is 3. The fourth-order valence-corrected chi connectivity index (χ4v) is 5.67. The minimum Gasteiger partial charge on any atom is -0.469 e. The molecule has 0 aliphatic carbocycles. The van der Waals surface area contributed by atoms with Crippen LogP contribution in [0.5, 0.6) is 0 Å². The first-order chi connectivity index (χ1) is 19.5. The van der Waals surface area contributed by atoms with Crippen LogP contribution in [0, 0.1) is 5.41 Å². The zero-order chi connectivity index (χ0) is 28.0. The zero-order valence-corrected chi connectivity index (χ0v) is 23.0. The molecule has 5 rings (SSSR count).